The molecule has 0 unspecified atom stereocenters. The van der Waals surface area contributed by atoms with Gasteiger partial charge in [0.2, 0.25) is 5.91 Å². The Labute approximate surface area is 122 Å². The third-order valence-electron chi connectivity index (χ3n) is 3.57. The fourth-order valence-electron chi connectivity index (χ4n) is 2.42. The highest BCUT2D eigenvalue weighted by Crippen LogP contribution is 2.18. The Kier molecular flexibility index (Phi) is 5.05. The predicted molar refractivity (Wildman–Crippen MR) is 78.5 cm³/mol. The number of nitro benzene ring substituents is 1. The van der Waals surface area contributed by atoms with E-state index in [0.29, 0.717) is 12.0 Å². The maximum atomic E-state index is 11.8. The molecule has 1 amide bonds. The number of nitrogens with one attached hydrogen (secondary N) is 1. The van der Waals surface area contributed by atoms with Crippen molar-refractivity contribution < 1.29 is 14.8 Å². The van der Waals surface area contributed by atoms with Crippen LogP contribution in [0.1, 0.15) is 31.2 Å². The summed E-state index contributed by atoms with van der Waals surface area (Å²) >= 11 is 0. The van der Waals surface area contributed by atoms with Crippen LogP contribution in [0.15, 0.2) is 30.3 Å². The maximum absolute atomic E-state index is 11.8. The number of amides is 1. The summed E-state index contributed by atoms with van der Waals surface area (Å²) in [5, 5.41) is 23.2. The van der Waals surface area contributed by atoms with Gasteiger partial charge >= 0.3 is 0 Å². The number of aliphatic hydroxyl groups is 1. The lowest BCUT2D eigenvalue weighted by Crippen LogP contribution is -2.44. The molecule has 0 aliphatic heterocycles. The lowest BCUT2D eigenvalue weighted by Gasteiger charge is -2.27. The number of hydrogen-bond acceptors (Lipinski definition) is 4. The molecule has 2 N–H and O–H groups in total. The molecule has 0 spiro atoms. The number of nitrogens with zero attached hydrogens (tertiary/aromatic N) is 1. The average Bonchev–Trinajstić information content (AvgIpc) is 2.48. The van der Waals surface area contributed by atoms with E-state index in [9.17, 15) is 20.0 Å². The van der Waals surface area contributed by atoms with Crippen LogP contribution in [-0.4, -0.2) is 28.1 Å². The van der Waals surface area contributed by atoms with Crippen molar-refractivity contribution in [2.75, 3.05) is 0 Å². The second kappa shape index (κ2) is 6.99. The maximum Gasteiger partial charge on any atom is 0.270 e. The van der Waals surface area contributed by atoms with Gasteiger partial charge < -0.3 is 10.4 Å². The van der Waals surface area contributed by atoms with Crippen molar-refractivity contribution in [1.82, 2.24) is 5.32 Å². The minimum Gasteiger partial charge on any atom is -0.391 e. The van der Waals surface area contributed by atoms with E-state index in [1.807, 2.05) is 0 Å². The smallest absolute Gasteiger partial charge is 0.270 e. The largest absolute Gasteiger partial charge is 0.391 e. The van der Waals surface area contributed by atoms with Crippen LogP contribution in [0.2, 0.25) is 0 Å². The molecule has 1 saturated carbocycles. The van der Waals surface area contributed by atoms with Crippen LogP contribution in [0.4, 0.5) is 5.69 Å². The summed E-state index contributed by atoms with van der Waals surface area (Å²) in [4.78, 5) is 22.0. The van der Waals surface area contributed by atoms with E-state index in [0.717, 1.165) is 19.3 Å². The molecule has 2 atom stereocenters. The predicted octanol–water partition coefficient (Wildman–Crippen LogP) is 2.03. The van der Waals surface area contributed by atoms with Gasteiger partial charge in [-0.05, 0) is 24.5 Å². The number of rotatable bonds is 4. The molecule has 2 rings (SSSR count). The van der Waals surface area contributed by atoms with E-state index in [1.165, 1.54) is 24.3 Å². The summed E-state index contributed by atoms with van der Waals surface area (Å²) in [6.07, 6.45) is 5.83. The van der Waals surface area contributed by atoms with E-state index in [2.05, 4.69) is 5.32 Å². The van der Waals surface area contributed by atoms with Gasteiger partial charge in [0.15, 0.2) is 0 Å². The van der Waals surface area contributed by atoms with Crippen LogP contribution in [0, 0.1) is 10.1 Å². The normalized spacial score (nSPS) is 22.1. The average molecular weight is 290 g/mol. The first-order valence-electron chi connectivity index (χ1n) is 6.97. The molecule has 0 heterocycles. The van der Waals surface area contributed by atoms with Crippen molar-refractivity contribution in [3.63, 3.8) is 0 Å². The monoisotopic (exact) mass is 290 g/mol. The second-order valence-corrected chi connectivity index (χ2v) is 5.15. The summed E-state index contributed by atoms with van der Waals surface area (Å²) in [6.45, 7) is 0. The Morgan fingerprint density at radius 1 is 1.38 bits per heavy atom. The molecular formula is C15H18N2O4. The van der Waals surface area contributed by atoms with Crippen LogP contribution in [-0.2, 0) is 4.79 Å². The van der Waals surface area contributed by atoms with Gasteiger partial charge in [0.25, 0.3) is 5.69 Å². The summed E-state index contributed by atoms with van der Waals surface area (Å²) in [5.41, 5.74) is 0.573. The van der Waals surface area contributed by atoms with Crippen LogP contribution < -0.4 is 5.32 Å². The molecule has 1 aliphatic carbocycles. The highest BCUT2D eigenvalue weighted by Gasteiger charge is 2.23. The van der Waals surface area contributed by atoms with Gasteiger partial charge in [-0.2, -0.15) is 0 Å². The van der Waals surface area contributed by atoms with Gasteiger partial charge in [-0.3, -0.25) is 14.9 Å². The SMILES string of the molecule is O=C(/C=C/c1cccc([N+](=O)[O-])c1)N[C@H]1CCCC[C@@H]1O. The van der Waals surface area contributed by atoms with Crippen molar-refractivity contribution in [3.05, 3.63) is 46.0 Å². The first kappa shape index (κ1) is 15.2. The molecule has 0 bridgehead atoms. The standard InChI is InChI=1S/C15H18N2O4/c18-14-7-2-1-6-13(14)16-15(19)9-8-11-4-3-5-12(10-11)17(20)21/h3-5,8-10,13-14,18H,1-2,6-7H2,(H,16,19)/b9-8+/t13-,14-/m0/s1. The number of carbonyl (C=O) groups is 1. The van der Waals surface area contributed by atoms with Crippen molar-refractivity contribution >= 4 is 17.7 Å². The van der Waals surface area contributed by atoms with E-state index >= 15 is 0 Å². The van der Waals surface area contributed by atoms with E-state index in [4.69, 9.17) is 0 Å². The van der Waals surface area contributed by atoms with Crippen LogP contribution in [0.25, 0.3) is 6.08 Å². The number of nitro groups is 1. The quantitative estimate of drug-likeness (QED) is 0.504. The van der Waals surface area contributed by atoms with E-state index < -0.39 is 11.0 Å². The first-order chi connectivity index (χ1) is 10.1. The fourth-order valence-corrected chi connectivity index (χ4v) is 2.42. The number of aliphatic hydroxyl groups excluding tert-OH is 1. The number of carbonyl (C=O) groups excluding carboxylic acids is 1. The van der Waals surface area contributed by atoms with Gasteiger partial charge in [-0.1, -0.05) is 25.0 Å². The van der Waals surface area contributed by atoms with Crippen LogP contribution in [0.3, 0.4) is 0 Å². The summed E-state index contributed by atoms with van der Waals surface area (Å²) in [6, 6.07) is 5.85. The van der Waals surface area contributed by atoms with Crippen molar-refractivity contribution in [2.45, 2.75) is 37.8 Å². The first-order valence-corrected chi connectivity index (χ1v) is 6.97. The van der Waals surface area contributed by atoms with Crippen molar-refractivity contribution in [2.24, 2.45) is 0 Å². The van der Waals surface area contributed by atoms with Gasteiger partial charge in [0.1, 0.15) is 0 Å². The second-order valence-electron chi connectivity index (χ2n) is 5.15. The summed E-state index contributed by atoms with van der Waals surface area (Å²) < 4.78 is 0. The van der Waals surface area contributed by atoms with Crippen LogP contribution >= 0.6 is 0 Å². The lowest BCUT2D eigenvalue weighted by molar-refractivity contribution is -0.384. The molecule has 6 heteroatoms. The Balaban J connectivity index is 1.95. The number of hydrogen-bond donors (Lipinski definition) is 2. The molecule has 0 aromatic heterocycles. The highest BCUT2D eigenvalue weighted by molar-refractivity contribution is 5.92. The number of non-ortho nitro benzene ring substituents is 1. The Hall–Kier alpha value is -2.21. The number of benzene rings is 1. The minimum absolute atomic E-state index is 0.0136. The molecular weight excluding hydrogens is 272 g/mol. The highest BCUT2D eigenvalue weighted by atomic mass is 16.6. The summed E-state index contributed by atoms with van der Waals surface area (Å²) in [5.74, 6) is -0.299. The molecule has 0 saturated heterocycles. The third-order valence-corrected chi connectivity index (χ3v) is 3.57. The molecule has 6 nitrogen and oxygen atoms in total. The Morgan fingerprint density at radius 2 is 2.14 bits per heavy atom. The zero-order valence-corrected chi connectivity index (χ0v) is 11.6. The van der Waals surface area contributed by atoms with Gasteiger partial charge in [0.05, 0.1) is 17.1 Å². The molecule has 1 aliphatic rings. The molecule has 0 radical (unpaired) electrons. The zero-order chi connectivity index (χ0) is 15.2. The zero-order valence-electron chi connectivity index (χ0n) is 11.6. The topological polar surface area (TPSA) is 92.5 Å². The molecule has 1 fully saturated rings. The van der Waals surface area contributed by atoms with Gasteiger partial charge in [0, 0.05) is 18.2 Å². The van der Waals surface area contributed by atoms with E-state index in [-0.39, 0.29) is 17.6 Å². The molecule has 1 aromatic rings. The van der Waals surface area contributed by atoms with Gasteiger partial charge in [-0.15, -0.1) is 0 Å². The fraction of sp³-hybridized carbons (Fsp3) is 0.400. The van der Waals surface area contributed by atoms with E-state index in [1.54, 1.807) is 12.1 Å². The van der Waals surface area contributed by atoms with Crippen molar-refractivity contribution in [3.8, 4) is 0 Å². The molecule has 1 aromatic carbocycles. The molecule has 112 valence electrons. The molecule has 21 heavy (non-hydrogen) atoms. The summed E-state index contributed by atoms with van der Waals surface area (Å²) in [7, 11) is 0. The van der Waals surface area contributed by atoms with Crippen LogP contribution in [0.5, 0.6) is 0 Å². The van der Waals surface area contributed by atoms with Crippen molar-refractivity contribution in [1.29, 1.82) is 0 Å². The van der Waals surface area contributed by atoms with Gasteiger partial charge in [-0.25, -0.2) is 0 Å². The Morgan fingerprint density at radius 3 is 2.86 bits per heavy atom. The Bertz CT molecular complexity index is 556. The third kappa shape index (κ3) is 4.39. The lowest BCUT2D eigenvalue weighted by atomic mass is 9.92. The minimum atomic E-state index is -0.492.